The van der Waals surface area contributed by atoms with Gasteiger partial charge in [0.25, 0.3) is 0 Å². The normalized spacial score (nSPS) is 15.7. The third-order valence-corrected chi connectivity index (χ3v) is 6.30. The number of nitrogens with two attached hydrogens (primary N) is 1. The Hall–Kier alpha value is -2.91. The first-order valence-corrected chi connectivity index (χ1v) is 11.3. The summed E-state index contributed by atoms with van der Waals surface area (Å²) in [5, 5.41) is 9.18. The van der Waals surface area contributed by atoms with E-state index < -0.39 is 6.23 Å². The first kappa shape index (κ1) is 21.9. The van der Waals surface area contributed by atoms with E-state index >= 15 is 0 Å². The molecule has 1 atom stereocenters. The highest BCUT2D eigenvalue weighted by molar-refractivity contribution is 6.35. The van der Waals surface area contributed by atoms with Crippen LogP contribution in [0.1, 0.15) is 18.2 Å². The van der Waals surface area contributed by atoms with E-state index in [4.69, 9.17) is 33.7 Å². The summed E-state index contributed by atoms with van der Waals surface area (Å²) in [6.45, 7) is 3.00. The van der Waals surface area contributed by atoms with Crippen LogP contribution < -0.4 is 15.4 Å². The summed E-state index contributed by atoms with van der Waals surface area (Å²) in [4.78, 5) is 13.2. The Kier molecular flexibility index (Phi) is 6.07. The minimum atomic E-state index is -0.843. The van der Waals surface area contributed by atoms with Gasteiger partial charge in [0.2, 0.25) is 0 Å². The van der Waals surface area contributed by atoms with Gasteiger partial charge < -0.3 is 9.64 Å². The molecule has 3 N–H and O–H groups in total. The van der Waals surface area contributed by atoms with E-state index in [0.717, 1.165) is 54.2 Å². The van der Waals surface area contributed by atoms with E-state index in [0.29, 0.717) is 21.4 Å². The van der Waals surface area contributed by atoms with E-state index in [1.165, 1.54) is 12.4 Å². The monoisotopic (exact) mass is 483 g/mol. The molecule has 1 aliphatic heterocycles. The van der Waals surface area contributed by atoms with Gasteiger partial charge in [-0.3, -0.25) is 20.7 Å². The van der Waals surface area contributed by atoms with Gasteiger partial charge in [0.1, 0.15) is 17.3 Å². The van der Waals surface area contributed by atoms with Crippen LogP contribution in [0.4, 0.5) is 5.82 Å². The maximum Gasteiger partial charge on any atom is 0.177 e. The molecule has 0 spiro atoms. The highest BCUT2D eigenvalue weighted by Gasteiger charge is 2.19. The summed E-state index contributed by atoms with van der Waals surface area (Å²) in [7, 11) is 2.12. The summed E-state index contributed by atoms with van der Waals surface area (Å²) >= 11 is 12.4. The number of nitrogens with one attached hydrogen (secondary N) is 1. The molecule has 1 aromatic carbocycles. The molecular weight excluding hydrogens is 461 g/mol. The van der Waals surface area contributed by atoms with Gasteiger partial charge >= 0.3 is 0 Å². The van der Waals surface area contributed by atoms with Crippen LogP contribution in [0.5, 0.6) is 5.75 Å². The number of hydrogen-bond donors (Lipinski definition) is 2. The van der Waals surface area contributed by atoms with Gasteiger partial charge in [-0.25, -0.2) is 4.98 Å². The van der Waals surface area contributed by atoms with Crippen molar-refractivity contribution in [1.29, 1.82) is 0 Å². The number of ether oxygens (including phenoxy) is 1. The number of anilines is 1. The summed E-state index contributed by atoms with van der Waals surface area (Å²) in [5.74, 6) is 1.54. The smallest absolute Gasteiger partial charge is 0.177 e. The molecule has 0 saturated carbocycles. The fraction of sp³-hybridized carbons (Fsp3) is 0.261. The summed E-state index contributed by atoms with van der Waals surface area (Å²) in [6, 6.07) is 9.70. The van der Waals surface area contributed by atoms with Crippen molar-refractivity contribution in [3.63, 3.8) is 0 Å². The second-order valence-electron chi connectivity index (χ2n) is 8.08. The van der Waals surface area contributed by atoms with Crippen LogP contribution in [0.3, 0.4) is 0 Å². The molecule has 0 unspecified atom stereocenters. The first-order chi connectivity index (χ1) is 16.0. The lowest BCUT2D eigenvalue weighted by atomic mass is 10.1. The Balaban J connectivity index is 1.40. The third-order valence-electron chi connectivity index (χ3n) is 5.70. The number of aromatic nitrogens is 4. The molecule has 3 aromatic heterocycles. The van der Waals surface area contributed by atoms with Crippen molar-refractivity contribution in [1.82, 2.24) is 25.1 Å². The average Bonchev–Trinajstić information content (AvgIpc) is 3.22. The van der Waals surface area contributed by atoms with Crippen molar-refractivity contribution in [2.45, 2.75) is 12.6 Å². The number of H-pyrrole nitrogens is 1. The third kappa shape index (κ3) is 4.47. The molecule has 4 heterocycles. The van der Waals surface area contributed by atoms with Crippen molar-refractivity contribution in [2.75, 3.05) is 31.7 Å². The molecule has 5 rings (SSSR count). The molecule has 0 bridgehead atoms. The van der Waals surface area contributed by atoms with Crippen molar-refractivity contribution in [3.05, 3.63) is 64.5 Å². The molecule has 0 aliphatic carbocycles. The van der Waals surface area contributed by atoms with E-state index in [9.17, 15) is 0 Å². The van der Waals surface area contributed by atoms with Crippen molar-refractivity contribution in [2.24, 2.45) is 5.73 Å². The van der Waals surface area contributed by atoms with Crippen LogP contribution in [-0.2, 0) is 0 Å². The molecule has 4 aromatic rings. The number of fused-ring (bicyclic) bond motifs is 1. The zero-order valence-corrected chi connectivity index (χ0v) is 19.5. The van der Waals surface area contributed by atoms with Gasteiger partial charge in [0.05, 0.1) is 22.2 Å². The second kappa shape index (κ2) is 9.15. The number of pyridine rings is 2. The number of hydrogen-bond acceptors (Lipinski definition) is 7. The van der Waals surface area contributed by atoms with Gasteiger partial charge in [-0.05, 0) is 43.8 Å². The Bertz CT molecular complexity index is 1260. The lowest BCUT2D eigenvalue weighted by Gasteiger charge is -2.34. The first-order valence-electron chi connectivity index (χ1n) is 10.6. The van der Waals surface area contributed by atoms with Crippen LogP contribution in [0.15, 0.2) is 48.9 Å². The van der Waals surface area contributed by atoms with E-state index in [1.807, 2.05) is 36.5 Å². The standard InChI is InChI=1S/C23H23Cl2N7O/c1-31-7-2-8-32(13-31)20-6-3-14(10-28-20)22-16-9-15(4-5-19(16)29-30-22)33-23(26)21-17(24)11-27-12-18(21)25/h3-6,9-12,23H,2,7-8,13,26H2,1H3,(H,29,30)/t23-/m0/s1. The fourth-order valence-corrected chi connectivity index (χ4v) is 4.63. The van der Waals surface area contributed by atoms with Crippen LogP contribution in [0.2, 0.25) is 10.0 Å². The highest BCUT2D eigenvalue weighted by Crippen LogP contribution is 2.33. The average molecular weight is 484 g/mol. The second-order valence-corrected chi connectivity index (χ2v) is 8.89. The minimum absolute atomic E-state index is 0.353. The maximum absolute atomic E-state index is 6.23. The van der Waals surface area contributed by atoms with Gasteiger partial charge in [-0.2, -0.15) is 5.10 Å². The lowest BCUT2D eigenvalue weighted by molar-refractivity contribution is 0.214. The Morgan fingerprint density at radius 1 is 1.09 bits per heavy atom. The molecule has 0 radical (unpaired) electrons. The van der Waals surface area contributed by atoms with Crippen molar-refractivity contribution >= 4 is 39.9 Å². The molecule has 33 heavy (non-hydrogen) atoms. The van der Waals surface area contributed by atoms with Crippen molar-refractivity contribution in [3.8, 4) is 17.0 Å². The molecule has 10 heteroatoms. The predicted molar refractivity (Wildman–Crippen MR) is 131 cm³/mol. The molecule has 170 valence electrons. The Morgan fingerprint density at radius 3 is 2.64 bits per heavy atom. The van der Waals surface area contributed by atoms with E-state index in [2.05, 4.69) is 37.0 Å². The topological polar surface area (TPSA) is 96.2 Å². The number of nitrogens with zero attached hydrogens (tertiary/aromatic N) is 5. The van der Waals surface area contributed by atoms with E-state index in [1.54, 1.807) is 0 Å². The Labute approximate surface area is 201 Å². The molecule has 0 amide bonds. The fourth-order valence-electron chi connectivity index (χ4n) is 4.05. The predicted octanol–water partition coefficient (Wildman–Crippen LogP) is 4.46. The Morgan fingerprint density at radius 2 is 1.91 bits per heavy atom. The van der Waals surface area contributed by atoms with Crippen LogP contribution in [0.25, 0.3) is 22.2 Å². The highest BCUT2D eigenvalue weighted by atomic mass is 35.5. The lowest BCUT2D eigenvalue weighted by Crippen LogP contribution is -2.43. The zero-order chi connectivity index (χ0) is 22.9. The number of halogens is 2. The van der Waals surface area contributed by atoms with Gasteiger partial charge in [0.15, 0.2) is 6.23 Å². The van der Waals surface area contributed by atoms with Crippen molar-refractivity contribution < 1.29 is 4.74 Å². The number of rotatable bonds is 5. The number of benzene rings is 1. The van der Waals surface area contributed by atoms with Crippen LogP contribution in [0, 0.1) is 0 Å². The molecular formula is C23H23Cl2N7O. The largest absolute Gasteiger partial charge is 0.471 e. The van der Waals surface area contributed by atoms with Gasteiger partial charge in [0, 0.05) is 48.2 Å². The number of aromatic amines is 1. The summed E-state index contributed by atoms with van der Waals surface area (Å²) < 4.78 is 5.95. The minimum Gasteiger partial charge on any atom is -0.471 e. The molecule has 8 nitrogen and oxygen atoms in total. The summed E-state index contributed by atoms with van der Waals surface area (Å²) in [5.41, 5.74) is 9.31. The molecule has 1 fully saturated rings. The van der Waals surface area contributed by atoms with Gasteiger partial charge in [-0.15, -0.1) is 0 Å². The van der Waals surface area contributed by atoms with Crippen LogP contribution >= 0.6 is 23.2 Å². The van der Waals surface area contributed by atoms with Crippen LogP contribution in [-0.4, -0.2) is 51.9 Å². The van der Waals surface area contributed by atoms with Gasteiger partial charge in [-0.1, -0.05) is 23.2 Å². The molecule has 1 aliphatic rings. The maximum atomic E-state index is 6.23. The SMILES string of the molecule is CN1CCCN(c2ccc(-c3n[nH]c4ccc(O[C@H](N)c5c(Cl)cncc5Cl)cc34)cn2)C1. The van der Waals surface area contributed by atoms with E-state index in [-0.39, 0.29) is 0 Å². The molecule has 1 saturated heterocycles. The quantitative estimate of drug-likeness (QED) is 0.404. The summed E-state index contributed by atoms with van der Waals surface area (Å²) in [6.07, 6.45) is 5.12. The zero-order valence-electron chi connectivity index (χ0n) is 18.0.